The molecule has 1 saturated heterocycles. The summed E-state index contributed by atoms with van der Waals surface area (Å²) in [5, 5.41) is 0. The van der Waals surface area contributed by atoms with Crippen molar-refractivity contribution >= 4 is 11.8 Å². The van der Waals surface area contributed by atoms with E-state index in [9.17, 15) is 9.59 Å². The second kappa shape index (κ2) is 5.10. The predicted octanol–water partition coefficient (Wildman–Crippen LogP) is 0.603. The smallest absolute Gasteiger partial charge is 0.330 e. The van der Waals surface area contributed by atoms with Gasteiger partial charge in [0.25, 0.3) is 0 Å². The number of carbonyl (C=O) groups is 2. The van der Waals surface area contributed by atoms with Crippen LogP contribution in [-0.4, -0.2) is 42.9 Å². The molecule has 1 aliphatic rings. The summed E-state index contributed by atoms with van der Waals surface area (Å²) in [6, 6.07) is -0.680. The summed E-state index contributed by atoms with van der Waals surface area (Å²) in [7, 11) is 1.32. The van der Waals surface area contributed by atoms with Gasteiger partial charge in [0.2, 0.25) is 0 Å². The third-order valence-electron chi connectivity index (χ3n) is 2.57. The van der Waals surface area contributed by atoms with Crippen molar-refractivity contribution in [3.8, 4) is 0 Å². The average molecular weight is 199 g/mol. The maximum Gasteiger partial charge on any atom is 0.330 e. The molecule has 1 fully saturated rings. The highest BCUT2D eigenvalue weighted by atomic mass is 16.5. The zero-order valence-corrected chi connectivity index (χ0v) is 8.78. The van der Waals surface area contributed by atoms with Gasteiger partial charge in [0.05, 0.1) is 7.11 Å². The average Bonchev–Trinajstić information content (AvgIpc) is 2.19. The molecule has 1 aliphatic heterocycles. The Labute approximate surface area is 84.2 Å². The highest BCUT2D eigenvalue weighted by molar-refractivity contribution is 6.01. The number of ketones is 1. The molecule has 1 heterocycles. The second-order valence-electron chi connectivity index (χ2n) is 3.63. The lowest BCUT2D eigenvalue weighted by atomic mass is 10.1. The molecule has 0 N–H and O–H groups in total. The maximum absolute atomic E-state index is 11.4. The van der Waals surface area contributed by atoms with Gasteiger partial charge in [0.15, 0.2) is 11.8 Å². The number of ether oxygens (including phenoxy) is 1. The molecule has 0 aliphatic carbocycles. The van der Waals surface area contributed by atoms with Crippen LogP contribution in [0.2, 0.25) is 0 Å². The number of piperidine rings is 1. The van der Waals surface area contributed by atoms with Gasteiger partial charge in [-0.15, -0.1) is 0 Å². The van der Waals surface area contributed by atoms with Crippen molar-refractivity contribution in [2.45, 2.75) is 32.2 Å². The van der Waals surface area contributed by atoms with Gasteiger partial charge in [0.1, 0.15) is 0 Å². The molecule has 0 amide bonds. The lowest BCUT2D eigenvalue weighted by Gasteiger charge is -2.31. The number of carbonyl (C=O) groups excluding carboxylic acids is 2. The van der Waals surface area contributed by atoms with E-state index < -0.39 is 12.0 Å². The Kier molecular flexibility index (Phi) is 4.07. The van der Waals surface area contributed by atoms with Crippen LogP contribution in [0.15, 0.2) is 0 Å². The van der Waals surface area contributed by atoms with E-state index in [0.717, 1.165) is 25.9 Å². The number of rotatable bonds is 3. The summed E-state index contributed by atoms with van der Waals surface area (Å²) in [5.41, 5.74) is 0. The molecule has 1 atom stereocenters. The summed E-state index contributed by atoms with van der Waals surface area (Å²) >= 11 is 0. The summed E-state index contributed by atoms with van der Waals surface area (Å²) < 4.78 is 4.63. The number of hydrogen-bond donors (Lipinski definition) is 0. The molecule has 0 radical (unpaired) electrons. The summed E-state index contributed by atoms with van der Waals surface area (Å²) in [4.78, 5) is 24.6. The van der Waals surface area contributed by atoms with Gasteiger partial charge in [-0.1, -0.05) is 6.42 Å². The molecule has 0 saturated carbocycles. The van der Waals surface area contributed by atoms with E-state index in [-0.39, 0.29) is 5.78 Å². The van der Waals surface area contributed by atoms with Crippen LogP contribution in [0.1, 0.15) is 26.2 Å². The fourth-order valence-electron chi connectivity index (χ4n) is 1.86. The molecule has 4 heteroatoms. The third kappa shape index (κ3) is 2.54. The normalized spacial score (nSPS) is 20.1. The Morgan fingerprint density at radius 3 is 2.21 bits per heavy atom. The largest absolute Gasteiger partial charge is 0.468 e. The van der Waals surface area contributed by atoms with Crippen molar-refractivity contribution < 1.29 is 14.3 Å². The van der Waals surface area contributed by atoms with Crippen molar-refractivity contribution in [3.63, 3.8) is 0 Å². The minimum Gasteiger partial charge on any atom is -0.468 e. The molecule has 4 nitrogen and oxygen atoms in total. The van der Waals surface area contributed by atoms with Gasteiger partial charge in [-0.2, -0.15) is 0 Å². The van der Waals surface area contributed by atoms with Gasteiger partial charge in [-0.05, 0) is 32.9 Å². The Balaban J connectivity index is 2.65. The number of esters is 1. The maximum atomic E-state index is 11.4. The van der Waals surface area contributed by atoms with Gasteiger partial charge >= 0.3 is 5.97 Å². The van der Waals surface area contributed by atoms with Crippen LogP contribution < -0.4 is 0 Å². The van der Waals surface area contributed by atoms with Crippen LogP contribution in [0.5, 0.6) is 0 Å². The first-order valence-electron chi connectivity index (χ1n) is 4.99. The van der Waals surface area contributed by atoms with Crippen LogP contribution in [0.4, 0.5) is 0 Å². The van der Waals surface area contributed by atoms with Gasteiger partial charge in [-0.3, -0.25) is 9.69 Å². The van der Waals surface area contributed by atoms with Crippen LogP contribution >= 0.6 is 0 Å². The summed E-state index contributed by atoms with van der Waals surface area (Å²) in [6.45, 7) is 3.08. The number of hydrogen-bond acceptors (Lipinski definition) is 4. The topological polar surface area (TPSA) is 46.6 Å². The van der Waals surface area contributed by atoms with Crippen LogP contribution in [-0.2, 0) is 14.3 Å². The van der Waals surface area contributed by atoms with E-state index in [4.69, 9.17) is 0 Å². The first kappa shape index (κ1) is 11.2. The van der Waals surface area contributed by atoms with E-state index in [1.165, 1.54) is 20.5 Å². The fraction of sp³-hybridized carbons (Fsp3) is 0.800. The molecule has 80 valence electrons. The zero-order valence-electron chi connectivity index (χ0n) is 8.78. The predicted molar refractivity (Wildman–Crippen MR) is 51.9 cm³/mol. The highest BCUT2D eigenvalue weighted by Crippen LogP contribution is 2.13. The van der Waals surface area contributed by atoms with Crippen molar-refractivity contribution in [1.29, 1.82) is 0 Å². The quantitative estimate of drug-likeness (QED) is 0.493. The first-order valence-corrected chi connectivity index (χ1v) is 4.99. The van der Waals surface area contributed by atoms with Crippen molar-refractivity contribution in [2.24, 2.45) is 0 Å². The van der Waals surface area contributed by atoms with Crippen LogP contribution in [0.25, 0.3) is 0 Å². The highest BCUT2D eigenvalue weighted by Gasteiger charge is 2.31. The molecular formula is C10H17NO3. The number of Topliss-reactive ketones (excluding diaryl/α,β-unsaturated/α-hetero) is 1. The molecule has 0 spiro atoms. The molecule has 1 rings (SSSR count). The molecule has 0 bridgehead atoms. The van der Waals surface area contributed by atoms with Crippen LogP contribution in [0.3, 0.4) is 0 Å². The zero-order chi connectivity index (χ0) is 10.6. The molecule has 0 aromatic heterocycles. The Bertz CT molecular complexity index is 221. The van der Waals surface area contributed by atoms with Crippen molar-refractivity contribution in [1.82, 2.24) is 4.90 Å². The van der Waals surface area contributed by atoms with Crippen molar-refractivity contribution in [2.75, 3.05) is 20.2 Å². The molecule has 0 aromatic carbocycles. The Hall–Kier alpha value is -0.900. The van der Waals surface area contributed by atoms with Gasteiger partial charge < -0.3 is 4.74 Å². The second-order valence-corrected chi connectivity index (χ2v) is 3.63. The summed E-state index contributed by atoms with van der Waals surface area (Å²) in [5.74, 6) is -0.557. The Morgan fingerprint density at radius 1 is 1.21 bits per heavy atom. The first-order chi connectivity index (χ1) is 6.66. The molecular weight excluding hydrogens is 182 g/mol. The lowest BCUT2D eigenvalue weighted by molar-refractivity contribution is -0.151. The summed E-state index contributed by atoms with van der Waals surface area (Å²) in [6.07, 6.45) is 3.30. The number of methoxy groups -OCH3 is 1. The SMILES string of the molecule is COC(=O)C(C(C)=O)N1CCCCC1. The van der Waals surface area contributed by atoms with E-state index in [1.807, 2.05) is 4.90 Å². The minimum atomic E-state index is -0.680. The molecule has 0 aromatic rings. The Morgan fingerprint density at radius 2 is 1.79 bits per heavy atom. The number of likely N-dealkylation sites (tertiary alicyclic amines) is 1. The van der Waals surface area contributed by atoms with E-state index in [1.54, 1.807) is 0 Å². The van der Waals surface area contributed by atoms with E-state index in [2.05, 4.69) is 4.74 Å². The minimum absolute atomic E-state index is 0.126. The third-order valence-corrected chi connectivity index (χ3v) is 2.57. The molecule has 1 unspecified atom stereocenters. The fourth-order valence-corrected chi connectivity index (χ4v) is 1.86. The van der Waals surface area contributed by atoms with Gasteiger partial charge in [-0.25, -0.2) is 4.79 Å². The lowest BCUT2D eigenvalue weighted by Crippen LogP contribution is -2.48. The van der Waals surface area contributed by atoms with Crippen LogP contribution in [0, 0.1) is 0 Å². The standard InChI is InChI=1S/C10H17NO3/c1-8(12)9(10(13)14-2)11-6-4-3-5-7-11/h9H,3-7H2,1-2H3. The number of nitrogens with zero attached hydrogens (tertiary/aromatic N) is 1. The van der Waals surface area contributed by atoms with Gasteiger partial charge in [0, 0.05) is 0 Å². The van der Waals surface area contributed by atoms with E-state index >= 15 is 0 Å². The van der Waals surface area contributed by atoms with E-state index in [0.29, 0.717) is 0 Å². The van der Waals surface area contributed by atoms with Crippen molar-refractivity contribution in [3.05, 3.63) is 0 Å². The molecule has 14 heavy (non-hydrogen) atoms. The monoisotopic (exact) mass is 199 g/mol.